The SMILES string of the molecule is Cc1nc2cc(C(=O)N(CCC(=O)O)C(C)C)ccc2n1-c1ccccc1. The number of carboxylic acid groups (broad SMARTS) is 1. The van der Waals surface area contributed by atoms with Gasteiger partial charge in [0.15, 0.2) is 0 Å². The van der Waals surface area contributed by atoms with Crippen LogP contribution < -0.4 is 0 Å². The number of carboxylic acids is 1. The number of nitrogens with zero attached hydrogens (tertiary/aromatic N) is 3. The molecule has 0 unspecified atom stereocenters. The van der Waals surface area contributed by atoms with E-state index in [4.69, 9.17) is 5.11 Å². The minimum atomic E-state index is -0.916. The summed E-state index contributed by atoms with van der Waals surface area (Å²) < 4.78 is 2.05. The van der Waals surface area contributed by atoms with Gasteiger partial charge in [-0.25, -0.2) is 4.98 Å². The third-order valence-electron chi connectivity index (χ3n) is 4.53. The first-order valence-electron chi connectivity index (χ1n) is 8.95. The summed E-state index contributed by atoms with van der Waals surface area (Å²) >= 11 is 0. The molecule has 0 aliphatic rings. The Kier molecular flexibility index (Phi) is 5.26. The summed E-state index contributed by atoms with van der Waals surface area (Å²) in [4.78, 5) is 30.0. The lowest BCUT2D eigenvalue weighted by molar-refractivity contribution is -0.137. The molecule has 3 rings (SSSR count). The summed E-state index contributed by atoms with van der Waals surface area (Å²) in [7, 11) is 0. The van der Waals surface area contributed by atoms with Crippen molar-refractivity contribution < 1.29 is 14.7 Å². The number of aryl methyl sites for hydroxylation is 1. The third-order valence-corrected chi connectivity index (χ3v) is 4.53. The van der Waals surface area contributed by atoms with E-state index in [9.17, 15) is 9.59 Å². The molecule has 0 aliphatic carbocycles. The first-order valence-corrected chi connectivity index (χ1v) is 8.95. The van der Waals surface area contributed by atoms with Crippen LogP contribution in [0.3, 0.4) is 0 Å². The Morgan fingerprint density at radius 2 is 1.85 bits per heavy atom. The van der Waals surface area contributed by atoms with E-state index in [1.807, 2.05) is 61.7 Å². The number of para-hydroxylation sites is 1. The molecule has 0 radical (unpaired) electrons. The van der Waals surface area contributed by atoms with Crippen LogP contribution in [0.5, 0.6) is 0 Å². The molecule has 1 aromatic heterocycles. The molecular formula is C21H23N3O3. The lowest BCUT2D eigenvalue weighted by atomic mass is 10.1. The van der Waals surface area contributed by atoms with Gasteiger partial charge >= 0.3 is 5.97 Å². The Morgan fingerprint density at radius 1 is 1.15 bits per heavy atom. The summed E-state index contributed by atoms with van der Waals surface area (Å²) in [5.74, 6) is -0.256. The maximum atomic E-state index is 12.9. The monoisotopic (exact) mass is 365 g/mol. The zero-order valence-corrected chi connectivity index (χ0v) is 15.7. The van der Waals surface area contributed by atoms with Crippen molar-refractivity contribution in [3.63, 3.8) is 0 Å². The summed E-state index contributed by atoms with van der Waals surface area (Å²) in [6.45, 7) is 5.88. The summed E-state index contributed by atoms with van der Waals surface area (Å²) in [5.41, 5.74) is 3.20. The van der Waals surface area contributed by atoms with Crippen molar-refractivity contribution in [2.75, 3.05) is 6.54 Å². The van der Waals surface area contributed by atoms with Crippen LogP contribution in [0.4, 0.5) is 0 Å². The highest BCUT2D eigenvalue weighted by atomic mass is 16.4. The lowest BCUT2D eigenvalue weighted by Crippen LogP contribution is -2.38. The molecule has 1 amide bonds. The van der Waals surface area contributed by atoms with E-state index in [1.54, 1.807) is 17.0 Å². The second-order valence-electron chi connectivity index (χ2n) is 6.77. The number of benzene rings is 2. The predicted molar refractivity (Wildman–Crippen MR) is 104 cm³/mol. The molecule has 0 atom stereocenters. The maximum Gasteiger partial charge on any atom is 0.305 e. The van der Waals surface area contributed by atoms with E-state index < -0.39 is 5.97 Å². The van der Waals surface area contributed by atoms with Crippen LogP contribution in [-0.2, 0) is 4.79 Å². The quantitative estimate of drug-likeness (QED) is 0.723. The number of hydrogen-bond donors (Lipinski definition) is 1. The van der Waals surface area contributed by atoms with Crippen LogP contribution in [0.2, 0.25) is 0 Å². The first-order chi connectivity index (χ1) is 12.9. The van der Waals surface area contributed by atoms with Gasteiger partial charge in [-0.15, -0.1) is 0 Å². The molecule has 27 heavy (non-hydrogen) atoms. The van der Waals surface area contributed by atoms with Crippen molar-refractivity contribution >= 4 is 22.9 Å². The van der Waals surface area contributed by atoms with E-state index in [0.29, 0.717) is 5.56 Å². The molecule has 6 nitrogen and oxygen atoms in total. The van der Waals surface area contributed by atoms with Crippen molar-refractivity contribution in [2.45, 2.75) is 33.2 Å². The number of imidazole rings is 1. The number of fused-ring (bicyclic) bond motifs is 1. The standard InChI is InChI=1S/C21H23N3O3/c1-14(2)23(12-11-20(25)26)21(27)16-9-10-19-18(13-16)22-15(3)24(19)17-7-5-4-6-8-17/h4-10,13-14H,11-12H2,1-3H3,(H,25,26). The van der Waals surface area contributed by atoms with Gasteiger partial charge in [-0.3, -0.25) is 14.2 Å². The van der Waals surface area contributed by atoms with Gasteiger partial charge in [-0.2, -0.15) is 0 Å². The van der Waals surface area contributed by atoms with E-state index in [0.717, 1.165) is 22.5 Å². The molecule has 1 N–H and O–H groups in total. The van der Waals surface area contributed by atoms with Crippen molar-refractivity contribution in [1.29, 1.82) is 0 Å². The van der Waals surface area contributed by atoms with Gasteiger partial charge in [-0.1, -0.05) is 18.2 Å². The molecule has 1 heterocycles. The van der Waals surface area contributed by atoms with E-state index >= 15 is 0 Å². The normalized spacial score (nSPS) is 11.1. The number of aromatic nitrogens is 2. The molecule has 0 bridgehead atoms. The Balaban J connectivity index is 1.97. The van der Waals surface area contributed by atoms with Crippen LogP contribution in [-0.4, -0.2) is 44.0 Å². The van der Waals surface area contributed by atoms with Crippen molar-refractivity contribution in [3.05, 3.63) is 59.9 Å². The van der Waals surface area contributed by atoms with Gasteiger partial charge in [0.25, 0.3) is 5.91 Å². The molecule has 0 saturated carbocycles. The number of hydrogen-bond acceptors (Lipinski definition) is 3. The fourth-order valence-electron chi connectivity index (χ4n) is 3.21. The van der Waals surface area contributed by atoms with Crippen LogP contribution in [0.15, 0.2) is 48.5 Å². The topological polar surface area (TPSA) is 75.4 Å². The third kappa shape index (κ3) is 3.84. The average molecular weight is 365 g/mol. The maximum absolute atomic E-state index is 12.9. The number of carbonyl (C=O) groups excluding carboxylic acids is 1. The summed E-state index contributed by atoms with van der Waals surface area (Å²) in [5, 5.41) is 8.93. The fraction of sp³-hybridized carbons (Fsp3) is 0.286. The van der Waals surface area contributed by atoms with Crippen molar-refractivity contribution in [1.82, 2.24) is 14.5 Å². The Hall–Kier alpha value is -3.15. The smallest absolute Gasteiger partial charge is 0.305 e. The zero-order chi connectivity index (χ0) is 19.6. The molecule has 2 aromatic carbocycles. The van der Waals surface area contributed by atoms with Crippen LogP contribution in [0.1, 0.15) is 36.5 Å². The Bertz CT molecular complexity index is 977. The molecule has 0 fully saturated rings. The van der Waals surface area contributed by atoms with Gasteiger partial charge in [-0.05, 0) is 51.1 Å². The zero-order valence-electron chi connectivity index (χ0n) is 15.7. The van der Waals surface area contributed by atoms with Gasteiger partial charge in [0.2, 0.25) is 0 Å². The van der Waals surface area contributed by atoms with Gasteiger partial charge in [0, 0.05) is 23.8 Å². The molecule has 0 saturated heterocycles. The highest BCUT2D eigenvalue weighted by Gasteiger charge is 2.21. The molecule has 3 aromatic rings. The van der Waals surface area contributed by atoms with E-state index in [2.05, 4.69) is 4.98 Å². The highest BCUT2D eigenvalue weighted by molar-refractivity contribution is 5.98. The average Bonchev–Trinajstić information content (AvgIpc) is 2.96. The van der Waals surface area contributed by atoms with Crippen molar-refractivity contribution in [2.24, 2.45) is 0 Å². The Morgan fingerprint density at radius 3 is 2.48 bits per heavy atom. The van der Waals surface area contributed by atoms with Gasteiger partial charge < -0.3 is 10.0 Å². The number of carbonyl (C=O) groups is 2. The molecule has 0 aliphatic heterocycles. The van der Waals surface area contributed by atoms with Gasteiger partial charge in [0.1, 0.15) is 5.82 Å². The minimum Gasteiger partial charge on any atom is -0.481 e. The lowest BCUT2D eigenvalue weighted by Gasteiger charge is -2.26. The number of rotatable bonds is 6. The second-order valence-corrected chi connectivity index (χ2v) is 6.77. The fourth-order valence-corrected chi connectivity index (χ4v) is 3.21. The van der Waals surface area contributed by atoms with Crippen molar-refractivity contribution in [3.8, 4) is 5.69 Å². The molecular weight excluding hydrogens is 342 g/mol. The molecule has 140 valence electrons. The predicted octanol–water partition coefficient (Wildman–Crippen LogP) is 3.66. The Labute approximate surface area is 158 Å². The van der Waals surface area contributed by atoms with E-state index in [1.165, 1.54) is 0 Å². The largest absolute Gasteiger partial charge is 0.481 e. The highest BCUT2D eigenvalue weighted by Crippen LogP contribution is 2.23. The van der Waals surface area contributed by atoms with Crippen LogP contribution in [0.25, 0.3) is 16.7 Å². The van der Waals surface area contributed by atoms with Gasteiger partial charge in [0.05, 0.1) is 17.5 Å². The first kappa shape index (κ1) is 18.6. The number of aliphatic carboxylic acids is 1. The summed E-state index contributed by atoms with van der Waals surface area (Å²) in [6, 6.07) is 15.3. The van der Waals surface area contributed by atoms with Crippen LogP contribution >= 0.6 is 0 Å². The second kappa shape index (κ2) is 7.61. The number of amides is 1. The summed E-state index contributed by atoms with van der Waals surface area (Å²) in [6.07, 6.45) is -0.0755. The molecule has 0 spiro atoms. The van der Waals surface area contributed by atoms with Crippen LogP contribution in [0, 0.1) is 6.92 Å². The van der Waals surface area contributed by atoms with E-state index in [-0.39, 0.29) is 24.9 Å². The minimum absolute atomic E-state index is 0.0755. The molecule has 6 heteroatoms.